The van der Waals surface area contributed by atoms with E-state index >= 15 is 0 Å². The molecule has 1 aromatic carbocycles. The number of morpholine rings is 1. The first kappa shape index (κ1) is 22.6. The summed E-state index contributed by atoms with van der Waals surface area (Å²) < 4.78 is 18.9. The van der Waals surface area contributed by atoms with Crippen LogP contribution >= 0.6 is 0 Å². The zero-order valence-corrected chi connectivity index (χ0v) is 17.7. The van der Waals surface area contributed by atoms with Crippen molar-refractivity contribution in [2.75, 3.05) is 52.5 Å². The van der Waals surface area contributed by atoms with Gasteiger partial charge < -0.3 is 20.7 Å². The van der Waals surface area contributed by atoms with Gasteiger partial charge in [-0.2, -0.15) is 0 Å². The lowest BCUT2D eigenvalue weighted by atomic mass is 10.0. The molecule has 7 heteroatoms. The van der Waals surface area contributed by atoms with E-state index in [1.807, 2.05) is 12.1 Å². The number of halogens is 1. The van der Waals surface area contributed by atoms with Gasteiger partial charge in [-0.25, -0.2) is 4.39 Å². The van der Waals surface area contributed by atoms with Crippen molar-refractivity contribution in [3.8, 4) is 0 Å². The number of benzene rings is 1. The third kappa shape index (κ3) is 8.12. The van der Waals surface area contributed by atoms with Crippen LogP contribution in [0.1, 0.15) is 39.3 Å². The fourth-order valence-corrected chi connectivity index (χ4v) is 3.14. The van der Waals surface area contributed by atoms with E-state index in [1.54, 1.807) is 0 Å². The molecule has 0 amide bonds. The topological polar surface area (TPSA) is 60.9 Å². The Morgan fingerprint density at radius 1 is 1.14 bits per heavy atom. The van der Waals surface area contributed by atoms with Gasteiger partial charge in [0.1, 0.15) is 5.82 Å². The smallest absolute Gasteiger partial charge is 0.191 e. The summed E-state index contributed by atoms with van der Waals surface area (Å²) >= 11 is 0. The van der Waals surface area contributed by atoms with Gasteiger partial charge in [-0.05, 0) is 45.4 Å². The second-order valence-electron chi connectivity index (χ2n) is 8.04. The highest BCUT2D eigenvalue weighted by Crippen LogP contribution is 2.22. The van der Waals surface area contributed by atoms with Crippen molar-refractivity contribution in [3.63, 3.8) is 0 Å². The van der Waals surface area contributed by atoms with Gasteiger partial charge in [-0.1, -0.05) is 12.1 Å². The van der Waals surface area contributed by atoms with Gasteiger partial charge in [0.25, 0.3) is 0 Å². The molecule has 0 aliphatic carbocycles. The van der Waals surface area contributed by atoms with Crippen molar-refractivity contribution in [1.29, 1.82) is 0 Å². The van der Waals surface area contributed by atoms with Crippen molar-refractivity contribution >= 4 is 5.96 Å². The van der Waals surface area contributed by atoms with Gasteiger partial charge in [0.15, 0.2) is 5.96 Å². The van der Waals surface area contributed by atoms with E-state index in [1.165, 1.54) is 12.1 Å². The predicted octanol–water partition coefficient (Wildman–Crippen LogP) is 2.14. The summed E-state index contributed by atoms with van der Waals surface area (Å²) in [6, 6.07) is 6.87. The van der Waals surface area contributed by atoms with Crippen LogP contribution < -0.4 is 16.0 Å². The lowest BCUT2D eigenvalue weighted by Gasteiger charge is -2.34. The summed E-state index contributed by atoms with van der Waals surface area (Å²) in [4.78, 5) is 7.18. The highest BCUT2D eigenvalue weighted by molar-refractivity contribution is 5.79. The summed E-state index contributed by atoms with van der Waals surface area (Å²) in [5.41, 5.74) is 1.18. The Labute approximate surface area is 168 Å². The van der Waals surface area contributed by atoms with E-state index < -0.39 is 0 Å². The molecule has 0 radical (unpaired) electrons. The van der Waals surface area contributed by atoms with Crippen LogP contribution in [0.2, 0.25) is 0 Å². The second kappa shape index (κ2) is 11.3. The Balaban J connectivity index is 2.03. The summed E-state index contributed by atoms with van der Waals surface area (Å²) in [6.45, 7) is 14.7. The average Bonchev–Trinajstić information content (AvgIpc) is 2.66. The van der Waals surface area contributed by atoms with Crippen LogP contribution in [0, 0.1) is 5.82 Å². The number of hydrogen-bond acceptors (Lipinski definition) is 4. The molecule has 1 unspecified atom stereocenters. The van der Waals surface area contributed by atoms with Gasteiger partial charge >= 0.3 is 0 Å². The first-order chi connectivity index (χ1) is 13.4. The maximum absolute atomic E-state index is 13.4. The molecule has 158 valence electrons. The lowest BCUT2D eigenvalue weighted by molar-refractivity contribution is 0.0179. The maximum Gasteiger partial charge on any atom is 0.191 e. The molecule has 1 saturated heterocycles. The van der Waals surface area contributed by atoms with E-state index in [0.29, 0.717) is 6.54 Å². The number of hydrogen-bond donors (Lipinski definition) is 3. The van der Waals surface area contributed by atoms with E-state index in [9.17, 15) is 4.39 Å². The van der Waals surface area contributed by atoms with Crippen LogP contribution in [0.3, 0.4) is 0 Å². The number of nitrogens with one attached hydrogen (secondary N) is 3. The Hall–Kier alpha value is -1.70. The molecule has 1 aromatic rings. The zero-order chi connectivity index (χ0) is 20.4. The Morgan fingerprint density at radius 3 is 2.43 bits per heavy atom. The molecule has 1 atom stereocenters. The van der Waals surface area contributed by atoms with Crippen molar-refractivity contribution in [1.82, 2.24) is 20.9 Å². The van der Waals surface area contributed by atoms with Crippen LogP contribution in [0.15, 0.2) is 29.3 Å². The van der Waals surface area contributed by atoms with Crippen LogP contribution in [0.5, 0.6) is 0 Å². The minimum Gasteiger partial charge on any atom is -0.379 e. The fraction of sp³-hybridized carbons (Fsp3) is 0.667. The number of ether oxygens (including phenoxy) is 1. The summed E-state index contributed by atoms with van der Waals surface area (Å²) in [5.74, 6) is 0.591. The van der Waals surface area contributed by atoms with Crippen molar-refractivity contribution in [3.05, 3.63) is 35.6 Å². The summed E-state index contributed by atoms with van der Waals surface area (Å²) in [6.07, 6.45) is 0. The molecule has 1 aliphatic heterocycles. The molecule has 2 rings (SSSR count). The molecular formula is C21H36FN5O. The summed E-state index contributed by atoms with van der Waals surface area (Å²) in [7, 11) is 0. The average molecular weight is 394 g/mol. The number of nitrogens with zero attached hydrogens (tertiary/aromatic N) is 2. The van der Waals surface area contributed by atoms with E-state index in [0.717, 1.165) is 57.5 Å². The predicted molar refractivity (Wildman–Crippen MR) is 113 cm³/mol. The molecule has 28 heavy (non-hydrogen) atoms. The van der Waals surface area contributed by atoms with Crippen molar-refractivity contribution in [2.24, 2.45) is 4.99 Å². The first-order valence-electron chi connectivity index (χ1n) is 10.2. The molecule has 0 saturated carbocycles. The first-order valence-corrected chi connectivity index (χ1v) is 10.2. The standard InChI is InChI=1S/C21H36FN5O/c1-5-23-20(24-10-11-26-21(2,3)4)25-16-19(27-12-14-28-15-13-27)17-6-8-18(22)9-7-17/h6-9,19,26H,5,10-16H2,1-4H3,(H2,23,24,25). The molecular weight excluding hydrogens is 357 g/mol. The lowest BCUT2D eigenvalue weighted by Crippen LogP contribution is -2.45. The molecule has 1 heterocycles. The van der Waals surface area contributed by atoms with Gasteiger partial charge in [-0.15, -0.1) is 0 Å². The molecule has 0 aromatic heterocycles. The fourth-order valence-electron chi connectivity index (χ4n) is 3.14. The third-order valence-electron chi connectivity index (χ3n) is 4.58. The van der Waals surface area contributed by atoms with Gasteiger partial charge in [0.05, 0.1) is 25.8 Å². The Morgan fingerprint density at radius 2 is 1.82 bits per heavy atom. The van der Waals surface area contributed by atoms with Crippen molar-refractivity contribution in [2.45, 2.75) is 39.3 Å². The molecule has 6 nitrogen and oxygen atoms in total. The Bertz CT molecular complexity index is 594. The Kier molecular flexibility index (Phi) is 9.15. The van der Waals surface area contributed by atoms with E-state index in [4.69, 9.17) is 9.73 Å². The normalized spacial score (nSPS) is 17.4. The zero-order valence-electron chi connectivity index (χ0n) is 17.7. The second-order valence-corrected chi connectivity index (χ2v) is 8.04. The molecule has 0 spiro atoms. The number of guanidine groups is 1. The van der Waals surface area contributed by atoms with Crippen LogP contribution in [0.4, 0.5) is 4.39 Å². The van der Waals surface area contributed by atoms with Crippen molar-refractivity contribution < 1.29 is 9.13 Å². The molecule has 3 N–H and O–H groups in total. The van der Waals surface area contributed by atoms with Crippen LogP contribution in [-0.4, -0.2) is 68.9 Å². The minimum absolute atomic E-state index is 0.0984. The van der Waals surface area contributed by atoms with E-state index in [-0.39, 0.29) is 17.4 Å². The highest BCUT2D eigenvalue weighted by Gasteiger charge is 2.22. The molecule has 1 fully saturated rings. The molecule has 0 bridgehead atoms. The highest BCUT2D eigenvalue weighted by atomic mass is 19.1. The number of aliphatic imine (C=N–C) groups is 1. The van der Waals surface area contributed by atoms with Gasteiger partial charge in [-0.3, -0.25) is 9.89 Å². The van der Waals surface area contributed by atoms with Gasteiger partial charge in [0.2, 0.25) is 0 Å². The van der Waals surface area contributed by atoms with E-state index in [2.05, 4.69) is 48.5 Å². The third-order valence-corrected chi connectivity index (χ3v) is 4.58. The monoisotopic (exact) mass is 393 g/mol. The maximum atomic E-state index is 13.4. The van der Waals surface area contributed by atoms with Crippen LogP contribution in [-0.2, 0) is 4.74 Å². The van der Waals surface area contributed by atoms with Gasteiger partial charge in [0, 0.05) is 38.3 Å². The molecule has 1 aliphatic rings. The minimum atomic E-state index is -0.214. The quantitative estimate of drug-likeness (QED) is 0.359. The summed E-state index contributed by atoms with van der Waals surface area (Å²) in [5, 5.41) is 10.2. The largest absolute Gasteiger partial charge is 0.379 e. The number of rotatable bonds is 8. The van der Waals surface area contributed by atoms with Crippen LogP contribution in [0.25, 0.3) is 0 Å². The SMILES string of the molecule is CCNC(=NCC(c1ccc(F)cc1)N1CCOCC1)NCCNC(C)(C)C.